The lowest BCUT2D eigenvalue weighted by molar-refractivity contribution is -0.145. The first-order chi connectivity index (χ1) is 6.56. The largest absolute Gasteiger partial charge is 0.465 e. The molecule has 0 amide bonds. The van der Waals surface area contributed by atoms with E-state index in [2.05, 4.69) is 6.92 Å². The third-order valence-electron chi connectivity index (χ3n) is 2.08. The van der Waals surface area contributed by atoms with E-state index in [1.807, 2.05) is 13.8 Å². The van der Waals surface area contributed by atoms with Gasteiger partial charge in [0.05, 0.1) is 6.61 Å². The van der Waals surface area contributed by atoms with Gasteiger partial charge in [-0.1, -0.05) is 20.8 Å². The SMILES string of the molecule is CC(C)COC(=O)CCC(C)CCN. The molecule has 0 rings (SSSR count). The first-order valence-electron chi connectivity index (χ1n) is 5.42. The molecule has 0 saturated carbocycles. The van der Waals surface area contributed by atoms with Crippen molar-refractivity contribution in [3.8, 4) is 0 Å². The average Bonchev–Trinajstić information content (AvgIpc) is 2.12. The molecule has 1 unspecified atom stereocenters. The zero-order valence-corrected chi connectivity index (χ0v) is 9.58. The predicted octanol–water partition coefficient (Wildman–Crippen LogP) is 1.95. The average molecular weight is 201 g/mol. The topological polar surface area (TPSA) is 52.3 Å². The second-order valence-electron chi connectivity index (χ2n) is 4.30. The van der Waals surface area contributed by atoms with Gasteiger partial charge in [-0.3, -0.25) is 4.79 Å². The fourth-order valence-corrected chi connectivity index (χ4v) is 1.12. The summed E-state index contributed by atoms with van der Waals surface area (Å²) in [7, 11) is 0. The molecule has 2 N–H and O–H groups in total. The second kappa shape index (κ2) is 7.80. The molecule has 0 radical (unpaired) electrons. The number of hydrogen-bond acceptors (Lipinski definition) is 3. The third-order valence-corrected chi connectivity index (χ3v) is 2.08. The molecule has 0 aromatic carbocycles. The molecule has 0 spiro atoms. The van der Waals surface area contributed by atoms with E-state index in [-0.39, 0.29) is 5.97 Å². The monoisotopic (exact) mass is 201 g/mol. The number of carbonyl (C=O) groups excluding carboxylic acids is 1. The lowest BCUT2D eigenvalue weighted by atomic mass is 10.0. The molecular formula is C11H23NO2. The summed E-state index contributed by atoms with van der Waals surface area (Å²) in [6.45, 7) is 7.41. The summed E-state index contributed by atoms with van der Waals surface area (Å²) in [4.78, 5) is 11.2. The fraction of sp³-hybridized carbons (Fsp3) is 0.909. The van der Waals surface area contributed by atoms with Crippen LogP contribution in [0.5, 0.6) is 0 Å². The Kier molecular flexibility index (Phi) is 7.48. The summed E-state index contributed by atoms with van der Waals surface area (Å²) < 4.78 is 5.06. The summed E-state index contributed by atoms with van der Waals surface area (Å²) in [6.07, 6.45) is 2.39. The molecule has 0 bridgehead atoms. The van der Waals surface area contributed by atoms with Crippen LogP contribution in [0.2, 0.25) is 0 Å². The number of hydrogen-bond donors (Lipinski definition) is 1. The van der Waals surface area contributed by atoms with Gasteiger partial charge in [0.1, 0.15) is 0 Å². The Balaban J connectivity index is 3.43. The van der Waals surface area contributed by atoms with Crippen LogP contribution in [-0.4, -0.2) is 19.1 Å². The summed E-state index contributed by atoms with van der Waals surface area (Å²) in [5.41, 5.74) is 5.42. The molecule has 14 heavy (non-hydrogen) atoms. The van der Waals surface area contributed by atoms with Crippen LogP contribution >= 0.6 is 0 Å². The zero-order chi connectivity index (χ0) is 11.0. The number of carbonyl (C=O) groups is 1. The van der Waals surface area contributed by atoms with Gasteiger partial charge in [0.25, 0.3) is 0 Å². The molecule has 0 aliphatic carbocycles. The van der Waals surface area contributed by atoms with Gasteiger partial charge in [-0.25, -0.2) is 0 Å². The van der Waals surface area contributed by atoms with E-state index in [9.17, 15) is 4.79 Å². The summed E-state index contributed by atoms with van der Waals surface area (Å²) in [5.74, 6) is 0.856. The normalized spacial score (nSPS) is 12.9. The highest BCUT2D eigenvalue weighted by Crippen LogP contribution is 2.09. The van der Waals surface area contributed by atoms with Crippen LogP contribution in [0, 0.1) is 11.8 Å². The molecule has 0 aliphatic rings. The van der Waals surface area contributed by atoms with Gasteiger partial charge < -0.3 is 10.5 Å². The molecule has 3 nitrogen and oxygen atoms in total. The van der Waals surface area contributed by atoms with Gasteiger partial charge in [-0.15, -0.1) is 0 Å². The molecule has 3 heteroatoms. The smallest absolute Gasteiger partial charge is 0.305 e. The standard InChI is InChI=1S/C11H23NO2/c1-9(2)8-14-11(13)5-4-10(3)6-7-12/h9-10H,4-8,12H2,1-3H3. The molecule has 0 heterocycles. The van der Waals surface area contributed by atoms with E-state index in [1.165, 1.54) is 0 Å². The van der Waals surface area contributed by atoms with Crippen LogP contribution in [0.25, 0.3) is 0 Å². The maximum Gasteiger partial charge on any atom is 0.305 e. The van der Waals surface area contributed by atoms with Crippen molar-refractivity contribution in [3.63, 3.8) is 0 Å². The van der Waals surface area contributed by atoms with Crippen LogP contribution in [0.3, 0.4) is 0 Å². The minimum atomic E-state index is -0.0810. The Morgan fingerprint density at radius 3 is 2.43 bits per heavy atom. The van der Waals surface area contributed by atoms with Crippen molar-refractivity contribution in [3.05, 3.63) is 0 Å². The molecule has 0 fully saturated rings. The van der Waals surface area contributed by atoms with Crippen LogP contribution in [-0.2, 0) is 9.53 Å². The van der Waals surface area contributed by atoms with Crippen molar-refractivity contribution in [2.45, 2.75) is 40.0 Å². The Bertz CT molecular complexity index is 157. The highest BCUT2D eigenvalue weighted by Gasteiger charge is 2.07. The number of ether oxygens (including phenoxy) is 1. The first kappa shape index (κ1) is 13.4. The quantitative estimate of drug-likeness (QED) is 0.640. The van der Waals surface area contributed by atoms with Crippen molar-refractivity contribution < 1.29 is 9.53 Å². The minimum absolute atomic E-state index is 0.0810. The molecule has 0 aliphatic heterocycles. The van der Waals surface area contributed by atoms with Crippen molar-refractivity contribution in [2.75, 3.05) is 13.2 Å². The van der Waals surface area contributed by atoms with Gasteiger partial charge in [-0.05, 0) is 31.2 Å². The zero-order valence-electron chi connectivity index (χ0n) is 9.58. The maximum atomic E-state index is 11.2. The maximum absolute atomic E-state index is 11.2. The van der Waals surface area contributed by atoms with Gasteiger partial charge in [0.15, 0.2) is 0 Å². The van der Waals surface area contributed by atoms with Crippen LogP contribution in [0.1, 0.15) is 40.0 Å². The highest BCUT2D eigenvalue weighted by molar-refractivity contribution is 5.69. The molecular weight excluding hydrogens is 178 g/mol. The van der Waals surface area contributed by atoms with Gasteiger partial charge in [0.2, 0.25) is 0 Å². The fourth-order valence-electron chi connectivity index (χ4n) is 1.12. The number of rotatable bonds is 7. The van der Waals surface area contributed by atoms with Gasteiger partial charge in [-0.2, -0.15) is 0 Å². The third kappa shape index (κ3) is 8.05. The van der Waals surface area contributed by atoms with E-state index >= 15 is 0 Å². The molecule has 84 valence electrons. The van der Waals surface area contributed by atoms with Gasteiger partial charge in [0, 0.05) is 6.42 Å². The summed E-state index contributed by atoms with van der Waals surface area (Å²) in [6, 6.07) is 0. The molecule has 0 saturated heterocycles. The van der Waals surface area contributed by atoms with E-state index in [0.717, 1.165) is 12.8 Å². The van der Waals surface area contributed by atoms with E-state index in [4.69, 9.17) is 10.5 Å². The molecule has 1 atom stereocenters. The van der Waals surface area contributed by atoms with Crippen molar-refractivity contribution in [1.29, 1.82) is 0 Å². The second-order valence-corrected chi connectivity index (χ2v) is 4.30. The Labute approximate surface area is 87.0 Å². The lowest BCUT2D eigenvalue weighted by Crippen LogP contribution is -2.12. The van der Waals surface area contributed by atoms with Crippen molar-refractivity contribution >= 4 is 5.97 Å². The van der Waals surface area contributed by atoms with Crippen LogP contribution < -0.4 is 5.73 Å². The van der Waals surface area contributed by atoms with Crippen molar-refractivity contribution in [2.24, 2.45) is 17.6 Å². The van der Waals surface area contributed by atoms with E-state index in [0.29, 0.717) is 31.4 Å². The number of esters is 1. The Morgan fingerprint density at radius 1 is 1.29 bits per heavy atom. The first-order valence-corrected chi connectivity index (χ1v) is 5.42. The minimum Gasteiger partial charge on any atom is -0.465 e. The molecule has 0 aromatic rings. The Hall–Kier alpha value is -0.570. The predicted molar refractivity (Wildman–Crippen MR) is 57.9 cm³/mol. The summed E-state index contributed by atoms with van der Waals surface area (Å²) in [5, 5.41) is 0. The molecule has 0 aromatic heterocycles. The van der Waals surface area contributed by atoms with Crippen LogP contribution in [0.4, 0.5) is 0 Å². The van der Waals surface area contributed by atoms with Gasteiger partial charge >= 0.3 is 5.97 Å². The Morgan fingerprint density at radius 2 is 1.93 bits per heavy atom. The highest BCUT2D eigenvalue weighted by atomic mass is 16.5. The van der Waals surface area contributed by atoms with E-state index < -0.39 is 0 Å². The lowest BCUT2D eigenvalue weighted by Gasteiger charge is -2.10. The van der Waals surface area contributed by atoms with Crippen molar-refractivity contribution in [1.82, 2.24) is 0 Å². The number of nitrogens with two attached hydrogens (primary N) is 1. The van der Waals surface area contributed by atoms with Crippen LogP contribution in [0.15, 0.2) is 0 Å². The van der Waals surface area contributed by atoms with E-state index in [1.54, 1.807) is 0 Å². The summed E-state index contributed by atoms with van der Waals surface area (Å²) >= 11 is 0.